The molecule has 1 aliphatic heterocycles. The Morgan fingerprint density at radius 1 is 1.06 bits per heavy atom. The lowest BCUT2D eigenvalue weighted by Crippen LogP contribution is -2.49. The van der Waals surface area contributed by atoms with Crippen molar-refractivity contribution in [1.82, 2.24) is 10.6 Å². The molecule has 9 heteroatoms. The van der Waals surface area contributed by atoms with Crippen LogP contribution in [0.5, 0.6) is 17.2 Å². The van der Waals surface area contributed by atoms with E-state index in [2.05, 4.69) is 20.5 Å². The molecule has 0 atom stereocenters. The van der Waals surface area contributed by atoms with Gasteiger partial charge in [0.25, 0.3) is 0 Å². The average Bonchev–Trinajstić information content (AvgIpc) is 2.83. The van der Waals surface area contributed by atoms with Crippen LogP contribution in [0.3, 0.4) is 0 Å². The topological polar surface area (TPSA) is 67.4 Å². The molecule has 0 amide bonds. The Morgan fingerprint density at radius 3 is 2.27 bits per heavy atom. The smallest absolute Gasteiger partial charge is 0.191 e. The monoisotopic (exact) mass is 572 g/mol. The lowest BCUT2D eigenvalue weighted by molar-refractivity contribution is 0.368. The Morgan fingerprint density at radius 2 is 1.73 bits per heavy atom. The Labute approximate surface area is 212 Å². The fraction of sp³-hybridized carbons (Fsp3) is 0.458. The summed E-state index contributed by atoms with van der Waals surface area (Å²) in [7, 11) is 6.67. The molecule has 0 bridgehead atoms. The van der Waals surface area contributed by atoms with Crippen molar-refractivity contribution < 1.29 is 18.6 Å². The molecule has 2 aromatic carbocycles. The van der Waals surface area contributed by atoms with E-state index in [1.165, 1.54) is 6.07 Å². The highest BCUT2D eigenvalue weighted by atomic mass is 127. The van der Waals surface area contributed by atoms with Crippen molar-refractivity contribution in [3.8, 4) is 17.2 Å². The van der Waals surface area contributed by atoms with E-state index in [1.807, 2.05) is 18.2 Å². The van der Waals surface area contributed by atoms with Gasteiger partial charge in [-0.15, -0.1) is 24.0 Å². The van der Waals surface area contributed by atoms with Crippen molar-refractivity contribution in [2.24, 2.45) is 4.99 Å². The van der Waals surface area contributed by atoms with Crippen LogP contribution in [0.25, 0.3) is 0 Å². The average molecular weight is 572 g/mol. The van der Waals surface area contributed by atoms with Gasteiger partial charge in [-0.1, -0.05) is 6.07 Å². The van der Waals surface area contributed by atoms with E-state index in [-0.39, 0.29) is 29.8 Å². The third kappa shape index (κ3) is 7.28. The molecule has 1 heterocycles. The maximum absolute atomic E-state index is 13.5. The molecular weight excluding hydrogens is 538 g/mol. The predicted molar refractivity (Wildman–Crippen MR) is 141 cm³/mol. The second-order valence-electron chi connectivity index (χ2n) is 7.64. The Balaban J connectivity index is 0.00000385. The van der Waals surface area contributed by atoms with Gasteiger partial charge in [-0.2, -0.15) is 0 Å². The zero-order chi connectivity index (χ0) is 22.9. The number of halogens is 2. The van der Waals surface area contributed by atoms with Crippen molar-refractivity contribution >= 4 is 35.6 Å². The normalized spacial score (nSPS) is 14.3. The number of hydrogen-bond donors (Lipinski definition) is 2. The van der Waals surface area contributed by atoms with Gasteiger partial charge in [0.2, 0.25) is 0 Å². The molecule has 1 fully saturated rings. The van der Waals surface area contributed by atoms with Gasteiger partial charge in [0, 0.05) is 56.1 Å². The molecule has 2 N–H and O–H groups in total. The van der Waals surface area contributed by atoms with E-state index in [9.17, 15) is 4.39 Å². The number of rotatable bonds is 8. The van der Waals surface area contributed by atoms with Crippen LogP contribution in [0.4, 0.5) is 10.1 Å². The van der Waals surface area contributed by atoms with Gasteiger partial charge < -0.3 is 29.7 Å². The van der Waals surface area contributed by atoms with E-state index >= 15 is 0 Å². The molecule has 0 unspecified atom stereocenters. The summed E-state index contributed by atoms with van der Waals surface area (Å²) in [6.07, 6.45) is 2.61. The lowest BCUT2D eigenvalue weighted by atomic mass is 10.0. The number of aliphatic imine (C=N–C) groups is 1. The highest BCUT2D eigenvalue weighted by Crippen LogP contribution is 2.34. The fourth-order valence-corrected chi connectivity index (χ4v) is 3.97. The molecule has 0 radical (unpaired) electrons. The van der Waals surface area contributed by atoms with E-state index < -0.39 is 0 Å². The maximum Gasteiger partial charge on any atom is 0.191 e. The molecule has 0 spiro atoms. The number of nitrogens with one attached hydrogen (secondary N) is 2. The van der Waals surface area contributed by atoms with Gasteiger partial charge in [-0.05, 0) is 37.5 Å². The van der Waals surface area contributed by atoms with Crippen molar-refractivity contribution in [2.75, 3.05) is 52.9 Å². The quantitative estimate of drug-likeness (QED) is 0.285. The molecule has 2 aromatic rings. The maximum atomic E-state index is 13.5. The molecule has 3 rings (SSSR count). The summed E-state index contributed by atoms with van der Waals surface area (Å²) in [4.78, 5) is 6.59. The van der Waals surface area contributed by atoms with Gasteiger partial charge in [-0.3, -0.25) is 4.99 Å². The van der Waals surface area contributed by atoms with Gasteiger partial charge in [0.1, 0.15) is 23.1 Å². The number of nitrogens with zero attached hydrogens (tertiary/aromatic N) is 2. The fourth-order valence-electron chi connectivity index (χ4n) is 3.97. The van der Waals surface area contributed by atoms with Gasteiger partial charge in [0.15, 0.2) is 5.96 Å². The summed E-state index contributed by atoms with van der Waals surface area (Å²) >= 11 is 0. The lowest BCUT2D eigenvalue weighted by Gasteiger charge is -2.34. The molecule has 1 aliphatic rings. The first-order valence-corrected chi connectivity index (χ1v) is 10.8. The summed E-state index contributed by atoms with van der Waals surface area (Å²) in [5.41, 5.74) is 1.91. The Hall–Kier alpha value is -2.43. The molecule has 0 aliphatic carbocycles. The van der Waals surface area contributed by atoms with E-state index in [0.29, 0.717) is 24.8 Å². The van der Waals surface area contributed by atoms with Crippen LogP contribution < -0.4 is 29.7 Å². The minimum atomic E-state index is -0.197. The first-order chi connectivity index (χ1) is 15.6. The van der Waals surface area contributed by atoms with Crippen LogP contribution in [0.2, 0.25) is 0 Å². The van der Waals surface area contributed by atoms with Crippen molar-refractivity contribution in [3.63, 3.8) is 0 Å². The van der Waals surface area contributed by atoms with E-state index in [1.54, 1.807) is 40.5 Å². The van der Waals surface area contributed by atoms with Crippen molar-refractivity contribution in [2.45, 2.75) is 25.3 Å². The van der Waals surface area contributed by atoms with Crippen molar-refractivity contribution in [3.05, 3.63) is 47.8 Å². The van der Waals surface area contributed by atoms with Crippen LogP contribution in [0.1, 0.15) is 18.4 Å². The number of ether oxygens (including phenoxy) is 3. The third-order valence-corrected chi connectivity index (χ3v) is 5.72. The summed E-state index contributed by atoms with van der Waals surface area (Å²) in [5.74, 6) is 2.72. The summed E-state index contributed by atoms with van der Waals surface area (Å²) in [6, 6.07) is 10.8. The zero-order valence-electron chi connectivity index (χ0n) is 19.7. The standard InChI is InChI=1S/C24H33FN4O3.HI/c1-26-24(27-11-8-21-22(31-3)15-20(30-2)16-23(21)32-4)28-18-9-12-29(13-10-18)19-7-5-6-17(25)14-19;/h5-7,14-16,18H,8-13H2,1-4H3,(H2,26,27,28);1H. The number of hydrogen-bond acceptors (Lipinski definition) is 5. The first-order valence-electron chi connectivity index (χ1n) is 10.8. The zero-order valence-corrected chi connectivity index (χ0v) is 22.0. The number of anilines is 1. The number of guanidine groups is 1. The molecule has 33 heavy (non-hydrogen) atoms. The second kappa shape index (κ2) is 13.3. The minimum Gasteiger partial charge on any atom is -0.496 e. The number of benzene rings is 2. The van der Waals surface area contributed by atoms with Gasteiger partial charge in [-0.25, -0.2) is 4.39 Å². The SMILES string of the molecule is CN=C(NCCc1c(OC)cc(OC)cc1OC)NC1CCN(c2cccc(F)c2)CC1.I. The molecular formula is C24H34FIN4O3. The first kappa shape index (κ1) is 26.8. The minimum absolute atomic E-state index is 0. The van der Waals surface area contributed by atoms with E-state index in [0.717, 1.165) is 54.6 Å². The number of piperidine rings is 1. The van der Waals surface area contributed by atoms with Crippen LogP contribution in [0.15, 0.2) is 41.4 Å². The highest BCUT2D eigenvalue weighted by Gasteiger charge is 2.21. The van der Waals surface area contributed by atoms with Crippen LogP contribution >= 0.6 is 24.0 Å². The molecule has 182 valence electrons. The van der Waals surface area contributed by atoms with Gasteiger partial charge in [0.05, 0.1) is 21.3 Å². The molecule has 1 saturated heterocycles. The number of methoxy groups -OCH3 is 3. The summed E-state index contributed by atoms with van der Waals surface area (Å²) < 4.78 is 29.9. The molecule has 0 aromatic heterocycles. The third-order valence-electron chi connectivity index (χ3n) is 5.72. The summed E-state index contributed by atoms with van der Waals surface area (Å²) in [5, 5.41) is 6.89. The van der Waals surface area contributed by atoms with Gasteiger partial charge >= 0.3 is 0 Å². The molecule has 0 saturated carbocycles. The molecule has 7 nitrogen and oxygen atoms in total. The Kier molecular flexibility index (Phi) is 10.8. The Bertz CT molecular complexity index is 895. The second-order valence-corrected chi connectivity index (χ2v) is 7.64. The summed E-state index contributed by atoms with van der Waals surface area (Å²) in [6.45, 7) is 2.41. The largest absolute Gasteiger partial charge is 0.496 e. The van der Waals surface area contributed by atoms with Crippen molar-refractivity contribution in [1.29, 1.82) is 0 Å². The van der Waals surface area contributed by atoms with E-state index in [4.69, 9.17) is 14.2 Å². The van der Waals surface area contributed by atoms with Crippen LogP contribution in [-0.4, -0.2) is 60.0 Å². The highest BCUT2D eigenvalue weighted by molar-refractivity contribution is 14.0. The van der Waals surface area contributed by atoms with Crippen LogP contribution in [-0.2, 0) is 6.42 Å². The predicted octanol–water partition coefficient (Wildman–Crippen LogP) is 3.85. The van der Waals surface area contributed by atoms with Crippen LogP contribution in [0, 0.1) is 5.82 Å².